The fourth-order valence-electron chi connectivity index (χ4n) is 0.659. The monoisotopic (exact) mass is 136 g/mol. The predicted molar refractivity (Wildman–Crippen MR) is 37.5 cm³/mol. The van der Waals surface area contributed by atoms with E-state index < -0.39 is 0 Å². The Balaban J connectivity index is 2.21. The summed E-state index contributed by atoms with van der Waals surface area (Å²) < 4.78 is 4.93. The van der Waals surface area contributed by atoms with Crippen molar-refractivity contribution in [2.45, 2.75) is 12.7 Å². The average Bonchev–Trinajstić information content (AvgIpc) is 2.41. The molecule has 0 spiro atoms. The number of hydrogen-bond acceptors (Lipinski definition) is 3. The van der Waals surface area contributed by atoms with Crippen molar-refractivity contribution in [2.75, 3.05) is 0 Å². The molecule has 10 heavy (non-hydrogen) atoms. The van der Waals surface area contributed by atoms with Crippen molar-refractivity contribution in [3.63, 3.8) is 0 Å². The standard InChI is InChI=1S/C6H7BNO2/c9-4-7-2-1-6-3-8-5-10-6/h3-5H,1-2H2. The molecule has 1 heterocycles. The summed E-state index contributed by atoms with van der Waals surface area (Å²) in [5, 5.41) is 0. The largest absolute Gasteiger partial charge is 0.449 e. The van der Waals surface area contributed by atoms with Crippen LogP contribution in [0.1, 0.15) is 5.76 Å². The zero-order chi connectivity index (χ0) is 7.23. The quantitative estimate of drug-likeness (QED) is 0.344. The third-order valence-electron chi connectivity index (χ3n) is 1.14. The first-order valence-electron chi connectivity index (χ1n) is 3.08. The van der Waals surface area contributed by atoms with Crippen molar-refractivity contribution in [3.8, 4) is 0 Å². The van der Waals surface area contributed by atoms with E-state index in [1.807, 2.05) is 0 Å². The Morgan fingerprint density at radius 3 is 3.30 bits per heavy atom. The second-order valence-corrected chi connectivity index (χ2v) is 1.88. The molecule has 0 unspecified atom stereocenters. The maximum Gasteiger partial charge on any atom is 0.198 e. The molecule has 51 valence electrons. The first kappa shape index (κ1) is 7.06. The molecule has 0 fully saturated rings. The fraction of sp³-hybridized carbons (Fsp3) is 0.333. The van der Waals surface area contributed by atoms with Gasteiger partial charge in [0, 0.05) is 6.42 Å². The summed E-state index contributed by atoms with van der Waals surface area (Å²) in [7, 11) is 1.56. The highest BCUT2D eigenvalue weighted by atomic mass is 16.3. The van der Waals surface area contributed by atoms with Gasteiger partial charge in [0.05, 0.1) is 12.4 Å². The van der Waals surface area contributed by atoms with Gasteiger partial charge < -0.3 is 9.21 Å². The van der Waals surface area contributed by atoms with E-state index in [9.17, 15) is 4.79 Å². The molecule has 0 bridgehead atoms. The number of carbonyl (C=O) groups excluding carboxylic acids is 1. The molecule has 1 rings (SSSR count). The zero-order valence-corrected chi connectivity index (χ0v) is 5.49. The highest BCUT2D eigenvalue weighted by molar-refractivity contribution is 6.66. The number of nitrogens with zero attached hydrogens (tertiary/aromatic N) is 1. The molecular weight excluding hydrogens is 129 g/mol. The second-order valence-electron chi connectivity index (χ2n) is 1.88. The van der Waals surface area contributed by atoms with Gasteiger partial charge in [0.25, 0.3) is 0 Å². The van der Waals surface area contributed by atoms with Crippen LogP contribution in [0.3, 0.4) is 0 Å². The third-order valence-corrected chi connectivity index (χ3v) is 1.14. The molecule has 0 aromatic carbocycles. The normalized spacial score (nSPS) is 9.20. The molecule has 0 N–H and O–H groups in total. The van der Waals surface area contributed by atoms with Gasteiger partial charge in [0.1, 0.15) is 5.76 Å². The van der Waals surface area contributed by atoms with Crippen LogP contribution in [-0.4, -0.2) is 18.4 Å². The molecule has 0 aliphatic carbocycles. The minimum atomic E-state index is 0.721. The van der Waals surface area contributed by atoms with Gasteiger partial charge in [-0.1, -0.05) is 6.32 Å². The number of hydrogen-bond donors (Lipinski definition) is 0. The van der Waals surface area contributed by atoms with Gasteiger partial charge in [-0.3, -0.25) is 0 Å². The van der Waals surface area contributed by atoms with E-state index in [1.165, 1.54) is 6.39 Å². The highest BCUT2D eigenvalue weighted by Crippen LogP contribution is 1.99. The number of aryl methyl sites for hydroxylation is 1. The van der Waals surface area contributed by atoms with Crippen LogP contribution in [0.4, 0.5) is 0 Å². The van der Waals surface area contributed by atoms with Crippen molar-refractivity contribution < 1.29 is 9.21 Å². The summed E-state index contributed by atoms with van der Waals surface area (Å²) in [5.41, 5.74) is 0. The number of carbonyl (C=O) groups is 1. The molecule has 0 amide bonds. The lowest BCUT2D eigenvalue weighted by atomic mass is 9.76. The SMILES string of the molecule is O=C[B]CCc1cnco1. The van der Waals surface area contributed by atoms with Crippen LogP contribution < -0.4 is 0 Å². The van der Waals surface area contributed by atoms with Crippen LogP contribution in [0.25, 0.3) is 0 Å². The van der Waals surface area contributed by atoms with Gasteiger partial charge in [0.15, 0.2) is 13.7 Å². The van der Waals surface area contributed by atoms with Gasteiger partial charge in [-0.25, -0.2) is 4.98 Å². The van der Waals surface area contributed by atoms with Gasteiger partial charge in [-0.15, -0.1) is 0 Å². The van der Waals surface area contributed by atoms with Crippen molar-refractivity contribution in [1.29, 1.82) is 0 Å². The topological polar surface area (TPSA) is 43.1 Å². The summed E-state index contributed by atoms with van der Waals surface area (Å²) in [6.07, 6.45) is 5.29. The fourth-order valence-corrected chi connectivity index (χ4v) is 0.659. The Labute approximate surface area is 59.7 Å². The molecule has 1 aromatic heterocycles. The van der Waals surface area contributed by atoms with Crippen LogP contribution in [0, 0.1) is 0 Å². The van der Waals surface area contributed by atoms with Gasteiger partial charge in [0.2, 0.25) is 0 Å². The Morgan fingerprint density at radius 1 is 1.80 bits per heavy atom. The van der Waals surface area contributed by atoms with E-state index in [1.54, 1.807) is 13.5 Å². The lowest BCUT2D eigenvalue weighted by molar-refractivity contribution is 0.509. The lowest BCUT2D eigenvalue weighted by Gasteiger charge is -1.87. The first-order valence-corrected chi connectivity index (χ1v) is 3.08. The maximum absolute atomic E-state index is 9.83. The van der Waals surface area contributed by atoms with Crippen molar-refractivity contribution in [1.82, 2.24) is 4.98 Å². The minimum Gasteiger partial charge on any atom is -0.449 e. The first-order chi connectivity index (χ1) is 4.93. The summed E-state index contributed by atoms with van der Waals surface area (Å²) in [4.78, 5) is 13.6. The Bertz CT molecular complexity index is 186. The van der Waals surface area contributed by atoms with E-state index >= 15 is 0 Å². The molecule has 0 aliphatic heterocycles. The molecule has 0 saturated carbocycles. The third kappa shape index (κ3) is 2.05. The Morgan fingerprint density at radius 2 is 2.70 bits per heavy atom. The summed E-state index contributed by atoms with van der Waals surface area (Å²) >= 11 is 0. The van der Waals surface area contributed by atoms with E-state index in [0.717, 1.165) is 24.7 Å². The molecule has 1 radical (unpaired) electrons. The minimum absolute atomic E-state index is 0.721. The van der Waals surface area contributed by atoms with E-state index in [2.05, 4.69) is 4.98 Å². The van der Waals surface area contributed by atoms with E-state index in [-0.39, 0.29) is 0 Å². The van der Waals surface area contributed by atoms with Gasteiger partial charge >= 0.3 is 0 Å². The van der Waals surface area contributed by atoms with Crippen LogP contribution in [-0.2, 0) is 11.2 Å². The molecule has 1 aromatic rings. The van der Waals surface area contributed by atoms with E-state index in [4.69, 9.17) is 4.42 Å². The molecule has 3 nitrogen and oxygen atoms in total. The average molecular weight is 136 g/mol. The predicted octanol–water partition coefficient (Wildman–Crippen LogP) is 0.530. The maximum atomic E-state index is 9.83. The van der Waals surface area contributed by atoms with E-state index in [0.29, 0.717) is 0 Å². The van der Waals surface area contributed by atoms with Gasteiger partial charge in [-0.2, -0.15) is 0 Å². The highest BCUT2D eigenvalue weighted by Gasteiger charge is 1.95. The number of rotatable bonds is 4. The van der Waals surface area contributed by atoms with Crippen LogP contribution in [0.5, 0.6) is 0 Å². The second kappa shape index (κ2) is 3.87. The smallest absolute Gasteiger partial charge is 0.198 e. The van der Waals surface area contributed by atoms with Crippen LogP contribution in [0.15, 0.2) is 17.0 Å². The van der Waals surface area contributed by atoms with Crippen LogP contribution in [0.2, 0.25) is 6.32 Å². The number of aromatic nitrogens is 1. The summed E-state index contributed by atoms with van der Waals surface area (Å²) in [6.45, 7) is 0. The van der Waals surface area contributed by atoms with Crippen molar-refractivity contribution in [3.05, 3.63) is 18.4 Å². The molecule has 0 aliphatic rings. The van der Waals surface area contributed by atoms with Gasteiger partial charge in [-0.05, 0) is 0 Å². The zero-order valence-electron chi connectivity index (χ0n) is 5.49. The molecule has 4 heteroatoms. The molecule has 0 atom stereocenters. The Kier molecular flexibility index (Phi) is 2.73. The summed E-state index contributed by atoms with van der Waals surface area (Å²) in [5.74, 6) is 0.818. The summed E-state index contributed by atoms with van der Waals surface area (Å²) in [6, 6.07) is 0. The van der Waals surface area contributed by atoms with Crippen molar-refractivity contribution >= 4 is 13.5 Å². The van der Waals surface area contributed by atoms with Crippen LogP contribution >= 0.6 is 0 Å². The molecule has 0 saturated heterocycles. The lowest BCUT2D eigenvalue weighted by Crippen LogP contribution is -1.92. The molecular formula is C6H7BNO2. The Hall–Kier alpha value is -1.06. The van der Waals surface area contributed by atoms with Crippen molar-refractivity contribution in [2.24, 2.45) is 0 Å². The number of oxazole rings is 1.